The molecule has 0 spiro atoms. The maximum absolute atomic E-state index is 13.0. The van der Waals surface area contributed by atoms with Crippen LogP contribution in [0.25, 0.3) is 0 Å². The first-order chi connectivity index (χ1) is 17.8. The van der Waals surface area contributed by atoms with Gasteiger partial charge in [-0.15, -0.1) is 0 Å². The Labute approximate surface area is 217 Å². The number of carbonyl (C=O) groups is 4. The Kier molecular flexibility index (Phi) is 6.71. The second-order valence-corrected chi connectivity index (χ2v) is 10.2. The van der Waals surface area contributed by atoms with E-state index in [0.717, 1.165) is 35.2 Å². The molecule has 192 valence electrons. The molecule has 7 heteroatoms. The average Bonchev–Trinajstić information content (AvgIpc) is 3.40. The van der Waals surface area contributed by atoms with E-state index in [1.165, 1.54) is 4.90 Å². The fourth-order valence-corrected chi connectivity index (χ4v) is 5.80. The standard InChI is InChI=1S/C30H32N2O5/c1-4-19-7-6-8-20(5-2)27(19)31-17-21(16-26(31)33)30(36)37-23-12-10-22(11-13-23)32-28(34)24-14-9-18(3)15-25(24)29(32)35/h6-13,21,24-25H,4-5,14-17H2,1-3H3/t21-,24-,25+/m1/s1. The van der Waals surface area contributed by atoms with E-state index in [4.69, 9.17) is 4.74 Å². The maximum atomic E-state index is 13.0. The molecule has 37 heavy (non-hydrogen) atoms. The van der Waals surface area contributed by atoms with Crippen molar-refractivity contribution >= 4 is 35.1 Å². The van der Waals surface area contributed by atoms with E-state index in [2.05, 4.69) is 13.8 Å². The Morgan fingerprint density at radius 1 is 0.919 bits per heavy atom. The molecule has 0 bridgehead atoms. The van der Waals surface area contributed by atoms with Gasteiger partial charge < -0.3 is 9.64 Å². The number of anilines is 2. The molecule has 2 aromatic rings. The highest BCUT2D eigenvalue weighted by atomic mass is 16.5. The number of ether oxygens (including phenoxy) is 1. The van der Waals surface area contributed by atoms with Gasteiger partial charge in [0.05, 0.1) is 23.4 Å². The van der Waals surface area contributed by atoms with E-state index in [-0.39, 0.29) is 42.5 Å². The Morgan fingerprint density at radius 2 is 1.57 bits per heavy atom. The number of hydrogen-bond acceptors (Lipinski definition) is 5. The number of aryl methyl sites for hydroxylation is 2. The first kappa shape index (κ1) is 24.9. The van der Waals surface area contributed by atoms with Crippen LogP contribution in [-0.4, -0.2) is 30.2 Å². The first-order valence-electron chi connectivity index (χ1n) is 13.1. The fourth-order valence-electron chi connectivity index (χ4n) is 5.80. The van der Waals surface area contributed by atoms with Gasteiger partial charge in [-0.25, -0.2) is 0 Å². The minimum Gasteiger partial charge on any atom is -0.426 e. The molecule has 2 heterocycles. The molecule has 0 N–H and O–H groups in total. The van der Waals surface area contributed by atoms with E-state index in [1.807, 2.05) is 31.2 Å². The predicted molar refractivity (Wildman–Crippen MR) is 140 cm³/mol. The van der Waals surface area contributed by atoms with Gasteiger partial charge >= 0.3 is 5.97 Å². The highest BCUT2D eigenvalue weighted by Crippen LogP contribution is 2.40. The molecule has 1 aliphatic carbocycles. The summed E-state index contributed by atoms with van der Waals surface area (Å²) in [7, 11) is 0. The Hall–Kier alpha value is -3.74. The minimum atomic E-state index is -0.567. The van der Waals surface area contributed by atoms with Crippen molar-refractivity contribution in [1.82, 2.24) is 0 Å². The summed E-state index contributed by atoms with van der Waals surface area (Å²) in [5.41, 5.74) is 4.72. The normalized spacial score (nSPS) is 23.4. The third kappa shape index (κ3) is 4.47. The van der Waals surface area contributed by atoms with Crippen molar-refractivity contribution in [2.24, 2.45) is 17.8 Å². The summed E-state index contributed by atoms with van der Waals surface area (Å²) in [5, 5.41) is 0. The average molecular weight is 501 g/mol. The van der Waals surface area contributed by atoms with Gasteiger partial charge in [0.1, 0.15) is 5.75 Å². The summed E-state index contributed by atoms with van der Waals surface area (Å²) in [6, 6.07) is 12.5. The second-order valence-electron chi connectivity index (χ2n) is 10.2. The Bertz CT molecular complexity index is 1270. The molecule has 2 aliphatic heterocycles. The Balaban J connectivity index is 1.27. The molecule has 5 rings (SSSR count). The van der Waals surface area contributed by atoms with Crippen molar-refractivity contribution in [3.8, 4) is 5.75 Å². The first-order valence-corrected chi connectivity index (χ1v) is 13.1. The number of benzene rings is 2. The molecule has 0 aromatic heterocycles. The van der Waals surface area contributed by atoms with Gasteiger partial charge in [0, 0.05) is 18.7 Å². The van der Waals surface area contributed by atoms with Gasteiger partial charge in [-0.05, 0) is 68.0 Å². The number of fused-ring (bicyclic) bond motifs is 1. The van der Waals surface area contributed by atoms with Crippen LogP contribution in [0.1, 0.15) is 51.2 Å². The zero-order valence-electron chi connectivity index (χ0n) is 21.5. The molecular formula is C30H32N2O5. The zero-order chi connectivity index (χ0) is 26.3. The number of allylic oxidation sites excluding steroid dienone is 2. The molecule has 3 amide bonds. The van der Waals surface area contributed by atoms with Crippen LogP contribution < -0.4 is 14.5 Å². The molecule has 3 aliphatic rings. The molecule has 7 nitrogen and oxygen atoms in total. The number of para-hydroxylation sites is 1. The third-order valence-electron chi connectivity index (χ3n) is 7.83. The smallest absolute Gasteiger partial charge is 0.316 e. The van der Waals surface area contributed by atoms with Crippen LogP contribution in [-0.2, 0) is 32.0 Å². The molecule has 0 saturated carbocycles. The minimum absolute atomic E-state index is 0.0786. The van der Waals surface area contributed by atoms with Gasteiger partial charge in [-0.1, -0.05) is 43.7 Å². The van der Waals surface area contributed by atoms with Crippen molar-refractivity contribution in [3.05, 3.63) is 65.2 Å². The van der Waals surface area contributed by atoms with E-state index < -0.39 is 11.9 Å². The van der Waals surface area contributed by atoms with Gasteiger partial charge in [-0.2, -0.15) is 0 Å². The lowest BCUT2D eigenvalue weighted by molar-refractivity contribution is -0.139. The topological polar surface area (TPSA) is 84.0 Å². The van der Waals surface area contributed by atoms with E-state index >= 15 is 0 Å². The van der Waals surface area contributed by atoms with Crippen molar-refractivity contribution in [1.29, 1.82) is 0 Å². The van der Waals surface area contributed by atoms with Crippen LogP contribution in [0.15, 0.2) is 54.1 Å². The van der Waals surface area contributed by atoms with Crippen LogP contribution >= 0.6 is 0 Å². The van der Waals surface area contributed by atoms with E-state index in [9.17, 15) is 19.2 Å². The highest BCUT2D eigenvalue weighted by molar-refractivity contribution is 6.22. The highest BCUT2D eigenvalue weighted by Gasteiger charge is 2.48. The SMILES string of the molecule is CCc1cccc(CC)c1N1C[C@H](C(=O)Oc2ccc(N3C(=O)[C@H]4CC(C)=CC[C@H]4C3=O)cc2)CC1=O. The summed E-state index contributed by atoms with van der Waals surface area (Å²) in [6.07, 6.45) is 4.94. The molecule has 0 unspecified atom stereocenters. The summed E-state index contributed by atoms with van der Waals surface area (Å²) < 4.78 is 5.61. The molecular weight excluding hydrogens is 468 g/mol. The van der Waals surface area contributed by atoms with Crippen LogP contribution in [0.3, 0.4) is 0 Å². The molecule has 3 atom stereocenters. The van der Waals surface area contributed by atoms with Gasteiger partial charge in [-0.3, -0.25) is 24.1 Å². The zero-order valence-corrected chi connectivity index (χ0v) is 21.5. The fraction of sp³-hybridized carbons (Fsp3) is 0.400. The maximum Gasteiger partial charge on any atom is 0.316 e. The van der Waals surface area contributed by atoms with Gasteiger partial charge in [0.2, 0.25) is 17.7 Å². The number of carbonyl (C=O) groups excluding carboxylic acids is 4. The van der Waals surface area contributed by atoms with Gasteiger partial charge in [0.15, 0.2) is 0 Å². The molecule has 2 saturated heterocycles. The number of nitrogens with zero attached hydrogens (tertiary/aromatic N) is 2. The third-order valence-corrected chi connectivity index (χ3v) is 7.83. The number of hydrogen-bond donors (Lipinski definition) is 0. The molecule has 2 aromatic carbocycles. The molecule has 0 radical (unpaired) electrons. The predicted octanol–water partition coefficient (Wildman–Crippen LogP) is 4.62. The van der Waals surface area contributed by atoms with Crippen LogP contribution in [0, 0.1) is 17.8 Å². The van der Waals surface area contributed by atoms with Gasteiger partial charge in [0.25, 0.3) is 0 Å². The van der Waals surface area contributed by atoms with Crippen molar-refractivity contribution in [3.63, 3.8) is 0 Å². The van der Waals surface area contributed by atoms with Crippen molar-refractivity contribution < 1.29 is 23.9 Å². The largest absolute Gasteiger partial charge is 0.426 e. The number of esters is 1. The summed E-state index contributed by atoms with van der Waals surface area (Å²) in [6.45, 7) is 6.39. The number of rotatable bonds is 6. The number of imide groups is 1. The van der Waals surface area contributed by atoms with Crippen molar-refractivity contribution in [2.75, 3.05) is 16.3 Å². The monoisotopic (exact) mass is 500 g/mol. The quantitative estimate of drug-likeness (QED) is 0.250. The van der Waals surface area contributed by atoms with Crippen molar-refractivity contribution in [2.45, 2.75) is 52.9 Å². The van der Waals surface area contributed by atoms with Crippen LogP contribution in [0.2, 0.25) is 0 Å². The summed E-state index contributed by atoms with van der Waals surface area (Å²) in [5.74, 6) is -1.74. The lowest BCUT2D eigenvalue weighted by atomic mass is 9.82. The van der Waals surface area contributed by atoms with Crippen LogP contribution in [0.5, 0.6) is 5.75 Å². The van der Waals surface area contributed by atoms with E-state index in [1.54, 1.807) is 29.2 Å². The summed E-state index contributed by atoms with van der Waals surface area (Å²) >= 11 is 0. The Morgan fingerprint density at radius 3 is 2.22 bits per heavy atom. The number of amides is 3. The van der Waals surface area contributed by atoms with E-state index in [0.29, 0.717) is 24.3 Å². The second kappa shape index (κ2) is 9.96. The molecule has 2 fully saturated rings. The van der Waals surface area contributed by atoms with Crippen LogP contribution in [0.4, 0.5) is 11.4 Å². The lowest BCUT2D eigenvalue weighted by Gasteiger charge is -2.23. The summed E-state index contributed by atoms with van der Waals surface area (Å²) in [4.78, 5) is 54.7. The lowest BCUT2D eigenvalue weighted by Crippen LogP contribution is -2.30.